The fraction of sp³-hybridized carbons (Fsp3) is 0.219. The molecular formula is C64H58O23. The van der Waals surface area contributed by atoms with Crippen LogP contribution in [0.4, 0.5) is 0 Å². The van der Waals surface area contributed by atoms with E-state index < -0.39 is 47.8 Å². The van der Waals surface area contributed by atoms with Crippen LogP contribution in [0.3, 0.4) is 0 Å². The van der Waals surface area contributed by atoms with Gasteiger partial charge in [-0.25, -0.2) is 38.4 Å². The maximum atomic E-state index is 12.6. The van der Waals surface area contributed by atoms with Gasteiger partial charge in [0, 0.05) is 0 Å². The van der Waals surface area contributed by atoms with Gasteiger partial charge in [-0.15, -0.1) is 0 Å². The van der Waals surface area contributed by atoms with E-state index in [1.807, 2.05) is 0 Å². The van der Waals surface area contributed by atoms with Crippen LogP contribution in [0.25, 0.3) is 0 Å². The van der Waals surface area contributed by atoms with E-state index in [1.165, 1.54) is 142 Å². The van der Waals surface area contributed by atoms with Gasteiger partial charge in [0.05, 0.1) is 101 Å². The summed E-state index contributed by atoms with van der Waals surface area (Å²) >= 11 is 0. The molecule has 452 valence electrons. The highest BCUT2D eigenvalue weighted by Crippen LogP contribution is 2.30. The number of methoxy groups -OCH3 is 8. The second-order valence-corrected chi connectivity index (χ2v) is 18.6. The maximum absolute atomic E-state index is 12.6. The normalized spacial score (nSPS) is 10.5. The molecule has 0 aliphatic carbocycles. The summed E-state index contributed by atoms with van der Waals surface area (Å²) in [5.41, 5.74) is 3.37. The minimum absolute atomic E-state index is 0.0316. The summed E-state index contributed by atoms with van der Waals surface area (Å²) in [6.07, 6.45) is 0. The number of hydrogen-bond acceptors (Lipinski definition) is 23. The van der Waals surface area contributed by atoms with Crippen LogP contribution in [0.1, 0.15) is 116 Å². The molecule has 0 atom stereocenters. The zero-order valence-electron chi connectivity index (χ0n) is 48.3. The average Bonchev–Trinajstić information content (AvgIpc) is 3.74. The molecular weight excluding hydrogens is 1140 g/mol. The number of benzene rings is 7. The largest absolute Gasteiger partial charge is 0.508 e. The van der Waals surface area contributed by atoms with Gasteiger partial charge in [-0.2, -0.15) is 0 Å². The number of aromatic hydroxyl groups is 1. The Balaban J connectivity index is 1.16. The van der Waals surface area contributed by atoms with Crippen molar-refractivity contribution in [3.63, 3.8) is 0 Å². The Morgan fingerprint density at radius 3 is 0.540 bits per heavy atom. The first kappa shape index (κ1) is 63.5. The molecule has 7 rings (SSSR count). The first-order valence-electron chi connectivity index (χ1n) is 26.0. The zero-order valence-corrected chi connectivity index (χ0v) is 48.3. The predicted octanol–water partition coefficient (Wildman–Crippen LogP) is 9.16. The molecule has 23 nitrogen and oxygen atoms in total. The molecule has 0 spiro atoms. The molecule has 0 saturated carbocycles. The Bertz CT molecular complexity index is 3160. The molecule has 87 heavy (non-hydrogen) atoms. The third kappa shape index (κ3) is 17.5. The summed E-state index contributed by atoms with van der Waals surface area (Å²) in [6.45, 7) is -0.730. The monoisotopic (exact) mass is 1190 g/mol. The molecule has 0 saturated heterocycles. The highest BCUT2D eigenvalue weighted by atomic mass is 16.6. The topological polar surface area (TPSA) is 286 Å². The van der Waals surface area contributed by atoms with E-state index >= 15 is 0 Å². The number of carbonyl (C=O) groups excluding carboxylic acids is 8. The maximum Gasteiger partial charge on any atom is 0.338 e. The van der Waals surface area contributed by atoms with Gasteiger partial charge in [0.25, 0.3) is 0 Å². The molecule has 1 N–H and O–H groups in total. The summed E-state index contributed by atoms with van der Waals surface area (Å²) in [4.78, 5) is 100. The third-order valence-electron chi connectivity index (χ3n) is 12.5. The van der Waals surface area contributed by atoms with Crippen LogP contribution >= 0.6 is 0 Å². The van der Waals surface area contributed by atoms with Crippen LogP contribution in [0, 0.1) is 0 Å². The van der Waals surface area contributed by atoms with E-state index in [0.717, 1.165) is 0 Å². The lowest BCUT2D eigenvalue weighted by Crippen LogP contribution is -2.08. The molecule has 0 aliphatic heterocycles. The van der Waals surface area contributed by atoms with Crippen molar-refractivity contribution in [1.29, 1.82) is 0 Å². The summed E-state index contributed by atoms with van der Waals surface area (Å²) < 4.78 is 76.1. The fourth-order valence-corrected chi connectivity index (χ4v) is 8.48. The second kappa shape index (κ2) is 29.9. The van der Waals surface area contributed by atoms with Crippen molar-refractivity contribution in [2.45, 2.75) is 39.6 Å². The van der Waals surface area contributed by atoms with Crippen LogP contribution < -0.4 is 28.4 Å². The lowest BCUT2D eigenvalue weighted by Gasteiger charge is -2.16. The minimum atomic E-state index is -0.721. The van der Waals surface area contributed by atoms with Gasteiger partial charge in [-0.05, 0) is 161 Å². The predicted molar refractivity (Wildman–Crippen MR) is 303 cm³/mol. The Morgan fingerprint density at radius 2 is 0.379 bits per heavy atom. The van der Waals surface area contributed by atoms with Crippen LogP contribution in [-0.2, 0) is 77.5 Å². The molecule has 0 bridgehead atoms. The van der Waals surface area contributed by atoms with Crippen molar-refractivity contribution < 1.29 is 110 Å². The molecule has 7 aromatic carbocycles. The standard InChI is InChI=1S/C64H58O23/c1-74-57(66)42-18-43(58(67)75-2)23-53(22-42)84-32-38-10-39(33-85-54-24-44(59(68)76-3)19-45(25-54)60(69)77-4)15-51(14-38)82-30-36-9-37(13-50(65)12-36)31-83-52-16-40(34-86-55-26-46(61(70)78-5)20-47(27-55)62(71)79-6)11-41(17-52)35-87-56-28-48(63(72)80-7)21-49(29-56)64(73)81-8/h9-29,65H,30-35H2,1-8H3. The summed E-state index contributed by atoms with van der Waals surface area (Å²) in [5, 5.41) is 11.0. The summed E-state index contributed by atoms with van der Waals surface area (Å²) in [5.74, 6) is -4.75. The lowest BCUT2D eigenvalue weighted by molar-refractivity contribution is 0.0580. The molecule has 7 aromatic rings. The van der Waals surface area contributed by atoms with Gasteiger partial charge in [0.15, 0.2) is 0 Å². The molecule has 0 heterocycles. The van der Waals surface area contributed by atoms with Gasteiger partial charge in [-0.1, -0.05) is 0 Å². The smallest absolute Gasteiger partial charge is 0.338 e. The van der Waals surface area contributed by atoms with E-state index in [4.69, 9.17) is 66.3 Å². The number of esters is 8. The van der Waals surface area contributed by atoms with Gasteiger partial charge in [0.2, 0.25) is 0 Å². The fourth-order valence-electron chi connectivity index (χ4n) is 8.48. The van der Waals surface area contributed by atoms with Gasteiger partial charge in [-0.3, -0.25) is 0 Å². The molecule has 0 unspecified atom stereocenters. The van der Waals surface area contributed by atoms with E-state index in [1.54, 1.807) is 42.5 Å². The van der Waals surface area contributed by atoms with Crippen molar-refractivity contribution in [3.8, 4) is 40.2 Å². The SMILES string of the molecule is COC(=O)c1cc(OCc2cc(COc3cc(C(=O)OC)cc(C(=O)OC)c3)cc(OCc3cc(O)cc(COc4cc(COc5cc(C(=O)OC)cc(C(=O)OC)c5)cc(COc5cc(C(=O)OC)cc(C(=O)OC)c5)c4)c3)c2)cc(C(=O)OC)c1. The number of phenols is 1. The highest BCUT2D eigenvalue weighted by molar-refractivity contribution is 5.98. The zero-order chi connectivity index (χ0) is 62.7. The Morgan fingerprint density at radius 1 is 0.230 bits per heavy atom. The molecule has 0 amide bonds. The molecule has 23 heteroatoms. The molecule has 0 radical (unpaired) electrons. The van der Waals surface area contributed by atoms with Crippen LogP contribution in [0.2, 0.25) is 0 Å². The summed E-state index contributed by atoms with van der Waals surface area (Å²) in [6, 6.07) is 31.3. The van der Waals surface area contributed by atoms with Crippen molar-refractivity contribution in [2.24, 2.45) is 0 Å². The number of ether oxygens (including phenoxy) is 14. The van der Waals surface area contributed by atoms with Crippen LogP contribution in [-0.4, -0.2) is 110 Å². The first-order chi connectivity index (χ1) is 41.8. The van der Waals surface area contributed by atoms with Gasteiger partial charge >= 0.3 is 47.8 Å². The first-order valence-corrected chi connectivity index (χ1v) is 26.0. The number of hydrogen-bond donors (Lipinski definition) is 1. The number of carbonyl (C=O) groups is 8. The molecule has 0 fully saturated rings. The minimum Gasteiger partial charge on any atom is -0.508 e. The van der Waals surface area contributed by atoms with E-state index in [-0.39, 0.29) is 113 Å². The quantitative estimate of drug-likeness (QED) is 0.0390. The van der Waals surface area contributed by atoms with Crippen LogP contribution in [0.15, 0.2) is 127 Å². The van der Waals surface area contributed by atoms with Gasteiger partial charge < -0.3 is 71.4 Å². The average molecular weight is 1200 g/mol. The van der Waals surface area contributed by atoms with Crippen molar-refractivity contribution >= 4 is 47.8 Å². The second-order valence-electron chi connectivity index (χ2n) is 18.6. The Hall–Kier alpha value is -11.1. The van der Waals surface area contributed by atoms with Crippen molar-refractivity contribution in [3.05, 3.63) is 205 Å². The van der Waals surface area contributed by atoms with E-state index in [2.05, 4.69) is 0 Å². The highest BCUT2D eigenvalue weighted by Gasteiger charge is 2.20. The van der Waals surface area contributed by atoms with Gasteiger partial charge in [0.1, 0.15) is 79.9 Å². The van der Waals surface area contributed by atoms with Crippen molar-refractivity contribution in [1.82, 2.24) is 0 Å². The molecule has 0 aromatic heterocycles. The third-order valence-corrected chi connectivity index (χ3v) is 12.5. The van der Waals surface area contributed by atoms with Crippen molar-refractivity contribution in [2.75, 3.05) is 56.9 Å². The molecule has 0 aliphatic rings. The number of phenolic OH excluding ortho intramolecular Hbond substituents is 1. The Labute approximate surface area is 497 Å². The lowest BCUT2D eigenvalue weighted by atomic mass is 10.1. The van der Waals surface area contributed by atoms with E-state index in [9.17, 15) is 43.5 Å². The van der Waals surface area contributed by atoms with Crippen LogP contribution in [0.5, 0.6) is 40.2 Å². The Kier molecular flexibility index (Phi) is 21.8. The van der Waals surface area contributed by atoms with E-state index in [0.29, 0.717) is 44.9 Å². The summed E-state index contributed by atoms with van der Waals surface area (Å²) in [7, 11) is 9.54. The number of rotatable bonds is 26.